The Balaban J connectivity index is 2.83. The third kappa shape index (κ3) is 3.70. The first-order chi connectivity index (χ1) is 2.77. The van der Waals surface area contributed by atoms with E-state index in [0.717, 1.165) is 12.0 Å². The van der Waals surface area contributed by atoms with Crippen LogP contribution in [-0.4, -0.2) is 11.7 Å². The van der Waals surface area contributed by atoms with Gasteiger partial charge in [-0.15, -0.1) is 6.58 Å². The summed E-state index contributed by atoms with van der Waals surface area (Å²) in [5.74, 6) is 0. The molecule has 0 saturated heterocycles. The van der Waals surface area contributed by atoms with E-state index < -0.39 is 0 Å². The van der Waals surface area contributed by atoms with Crippen molar-refractivity contribution in [2.24, 2.45) is 0 Å². The van der Waals surface area contributed by atoms with Crippen LogP contribution < -0.4 is 0 Å². The zero-order valence-corrected chi connectivity index (χ0v) is 4.07. The van der Waals surface area contributed by atoms with E-state index in [0.29, 0.717) is 0 Å². The first-order valence-corrected chi connectivity index (χ1v) is 2.02. The predicted molar refractivity (Wildman–Crippen MR) is 26.5 cm³/mol. The first kappa shape index (κ1) is 5.70. The fraction of sp³-hybridized carbons (Fsp3) is 0.600. The predicted octanol–water partition coefficient (Wildman–Crippen LogP) is 0.945. The molecule has 0 saturated carbocycles. The highest BCUT2D eigenvalue weighted by molar-refractivity contribution is 4.86. The molecular formula is C5H10O. The summed E-state index contributed by atoms with van der Waals surface area (Å²) in [6.07, 6.45) is 0.736. The van der Waals surface area contributed by atoms with Crippen LogP contribution in [0.15, 0.2) is 12.2 Å². The summed E-state index contributed by atoms with van der Waals surface area (Å²) < 4.78 is 0. The second-order valence-corrected chi connectivity index (χ2v) is 1.43. The second kappa shape index (κ2) is 2.91. The lowest BCUT2D eigenvalue weighted by atomic mass is 10.6. The van der Waals surface area contributed by atoms with E-state index in [9.17, 15) is 0 Å². The number of aliphatic hydroxyl groups excluding tert-OH is 1. The summed E-state index contributed by atoms with van der Waals surface area (Å²) in [5.41, 5.74) is 1.04. The van der Waals surface area contributed by atoms with Crippen molar-refractivity contribution < 1.29 is 5.11 Å². The molecule has 0 heterocycles. The van der Waals surface area contributed by atoms with Crippen molar-refractivity contribution in [3.63, 3.8) is 0 Å². The Morgan fingerprint density at radius 1 is 1.83 bits per heavy atom. The molecule has 0 aromatic carbocycles. The average molecular weight is 89.1 g/mol. The van der Waals surface area contributed by atoms with Gasteiger partial charge >= 0.3 is 0 Å². The van der Waals surface area contributed by atoms with Crippen molar-refractivity contribution in [1.29, 1.82) is 0 Å². The highest BCUT2D eigenvalue weighted by Crippen LogP contribution is 1.90. The number of aliphatic hydroxyl groups is 1. The maximum absolute atomic E-state index is 8.18. The molecule has 0 atom stereocenters. The van der Waals surface area contributed by atoms with Crippen LogP contribution in [0.4, 0.5) is 0 Å². The molecule has 0 aliphatic carbocycles. The molecule has 0 fully saturated rings. The molecule has 1 nitrogen and oxygen atoms in total. The van der Waals surface area contributed by atoms with Gasteiger partial charge in [-0.1, -0.05) is 5.57 Å². The summed E-state index contributed by atoms with van der Waals surface area (Å²) in [7, 11) is 0. The Labute approximate surface area is 38.3 Å². The van der Waals surface area contributed by atoms with Gasteiger partial charge in [-0.25, -0.2) is 0 Å². The smallest absolute Gasteiger partial charge is 0.0467 e. The average Bonchev–Trinajstić information content (AvgIpc) is 1.35. The standard InChI is InChI=1S/C5H10O/c1-5(2)3-4-6/h6H,1,3-4H2,2H3/i1+1,2+1,5+1. The lowest BCUT2D eigenvalue weighted by Gasteiger charge is -1.87. The van der Waals surface area contributed by atoms with Gasteiger partial charge in [-0.05, 0) is 13.3 Å². The van der Waals surface area contributed by atoms with Crippen LogP contribution in [0.2, 0.25) is 0 Å². The fourth-order valence-corrected chi connectivity index (χ4v) is 0.191. The lowest BCUT2D eigenvalue weighted by molar-refractivity contribution is 0.299. The largest absolute Gasteiger partial charge is 0.396 e. The van der Waals surface area contributed by atoms with Gasteiger partial charge in [0.1, 0.15) is 0 Å². The molecule has 0 unspecified atom stereocenters. The van der Waals surface area contributed by atoms with Crippen molar-refractivity contribution in [2.45, 2.75) is 13.3 Å². The van der Waals surface area contributed by atoms with Crippen molar-refractivity contribution in [3.8, 4) is 0 Å². The van der Waals surface area contributed by atoms with Crippen LogP contribution >= 0.6 is 0 Å². The van der Waals surface area contributed by atoms with Crippen molar-refractivity contribution in [2.75, 3.05) is 6.61 Å². The van der Waals surface area contributed by atoms with E-state index in [2.05, 4.69) is 6.58 Å². The topological polar surface area (TPSA) is 20.2 Å². The molecule has 0 amide bonds. The van der Waals surface area contributed by atoms with Crippen LogP contribution in [0.5, 0.6) is 0 Å². The number of rotatable bonds is 2. The van der Waals surface area contributed by atoms with Crippen LogP contribution in [0.3, 0.4) is 0 Å². The van der Waals surface area contributed by atoms with Crippen molar-refractivity contribution in [3.05, 3.63) is 12.2 Å². The Kier molecular flexibility index (Phi) is 2.77. The third-order valence-corrected chi connectivity index (χ3v) is 0.539. The quantitative estimate of drug-likeness (QED) is 0.394. The molecule has 0 spiro atoms. The van der Waals surface area contributed by atoms with Gasteiger partial charge in [-0.2, -0.15) is 0 Å². The zero-order valence-electron chi connectivity index (χ0n) is 4.07. The molecule has 0 aliphatic rings. The monoisotopic (exact) mass is 89.1 g/mol. The summed E-state index contributed by atoms with van der Waals surface area (Å²) in [6.45, 7) is 5.72. The maximum atomic E-state index is 8.18. The minimum atomic E-state index is 0.231. The molecule has 6 heavy (non-hydrogen) atoms. The molecule has 1 N–H and O–H groups in total. The molecule has 0 aromatic heterocycles. The van der Waals surface area contributed by atoms with Crippen LogP contribution in [0.25, 0.3) is 0 Å². The Morgan fingerprint density at radius 3 is 2.33 bits per heavy atom. The molecule has 0 radical (unpaired) electrons. The van der Waals surface area contributed by atoms with E-state index in [1.54, 1.807) is 0 Å². The fourth-order valence-electron chi connectivity index (χ4n) is 0.191. The third-order valence-electron chi connectivity index (χ3n) is 0.539. The van der Waals surface area contributed by atoms with E-state index in [4.69, 9.17) is 5.11 Å². The Morgan fingerprint density at radius 2 is 2.33 bits per heavy atom. The van der Waals surface area contributed by atoms with Gasteiger partial charge in [0.25, 0.3) is 0 Å². The summed E-state index contributed by atoms with van der Waals surface area (Å²) in [6, 6.07) is 0. The van der Waals surface area contributed by atoms with Crippen LogP contribution in [0.1, 0.15) is 13.3 Å². The van der Waals surface area contributed by atoms with Crippen molar-refractivity contribution in [1.82, 2.24) is 0 Å². The molecular weight excluding hydrogens is 79.0 g/mol. The molecule has 0 aliphatic heterocycles. The van der Waals surface area contributed by atoms with Crippen molar-refractivity contribution >= 4 is 0 Å². The minimum Gasteiger partial charge on any atom is -0.396 e. The number of hydrogen-bond acceptors (Lipinski definition) is 1. The van der Waals surface area contributed by atoms with E-state index in [1.807, 2.05) is 6.92 Å². The van der Waals surface area contributed by atoms with Gasteiger partial charge in [0, 0.05) is 6.61 Å². The van der Waals surface area contributed by atoms with E-state index >= 15 is 0 Å². The summed E-state index contributed by atoms with van der Waals surface area (Å²) in [4.78, 5) is 0. The minimum absolute atomic E-state index is 0.231. The normalized spacial score (nSPS) is 8.33. The van der Waals surface area contributed by atoms with Gasteiger partial charge in [0.2, 0.25) is 0 Å². The summed E-state index contributed by atoms with van der Waals surface area (Å²) >= 11 is 0. The van der Waals surface area contributed by atoms with E-state index in [1.165, 1.54) is 0 Å². The van der Waals surface area contributed by atoms with Gasteiger partial charge < -0.3 is 5.11 Å². The molecule has 1 heteroatoms. The van der Waals surface area contributed by atoms with Gasteiger partial charge in [0.15, 0.2) is 0 Å². The molecule has 0 bridgehead atoms. The van der Waals surface area contributed by atoms with Crippen LogP contribution in [0, 0.1) is 0 Å². The van der Waals surface area contributed by atoms with Gasteiger partial charge in [0.05, 0.1) is 0 Å². The highest BCUT2D eigenvalue weighted by Gasteiger charge is 1.77. The summed E-state index contributed by atoms with van der Waals surface area (Å²) in [5, 5.41) is 8.18. The lowest BCUT2D eigenvalue weighted by Crippen LogP contribution is -1.79. The first-order valence-electron chi connectivity index (χ1n) is 2.02. The highest BCUT2D eigenvalue weighted by atomic mass is 16.3. The molecule has 36 valence electrons. The second-order valence-electron chi connectivity index (χ2n) is 1.43. The molecule has 0 rings (SSSR count). The zero-order chi connectivity index (χ0) is 4.99. The maximum Gasteiger partial charge on any atom is 0.0467 e. The van der Waals surface area contributed by atoms with E-state index in [-0.39, 0.29) is 6.61 Å². The Bertz CT molecular complexity index is 47.9. The molecule has 0 aromatic rings. The van der Waals surface area contributed by atoms with Crippen LogP contribution in [-0.2, 0) is 0 Å². The SMILES string of the molecule is [13CH2]=[13C]([13CH3])CCO. The Hall–Kier alpha value is -0.300. The van der Waals surface area contributed by atoms with Gasteiger partial charge in [-0.3, -0.25) is 0 Å². The number of hydrogen-bond donors (Lipinski definition) is 1.